The molecule has 5 aliphatic carbocycles. The van der Waals surface area contributed by atoms with Gasteiger partial charge in [0.05, 0.1) is 54.9 Å². The van der Waals surface area contributed by atoms with Gasteiger partial charge in [-0.25, -0.2) is 0 Å². The first-order valence-corrected chi connectivity index (χ1v) is 24.2. The van der Waals surface area contributed by atoms with Crippen LogP contribution in [0.2, 0.25) is 0 Å². The summed E-state index contributed by atoms with van der Waals surface area (Å²) < 4.78 is 44.5. The Labute approximate surface area is 381 Å². The Morgan fingerprint density at radius 1 is 0.646 bits per heavy atom. The summed E-state index contributed by atoms with van der Waals surface area (Å²) in [6, 6.07) is 0. The van der Waals surface area contributed by atoms with Crippen LogP contribution in [0.15, 0.2) is 0 Å². The van der Waals surface area contributed by atoms with Crippen LogP contribution >= 0.6 is 0 Å². The molecule has 0 amide bonds. The average molecular weight is 931 g/mol. The number of hydrogen-bond donors (Lipinski definition) is 11. The highest BCUT2D eigenvalue weighted by Crippen LogP contribution is 2.89. The monoisotopic (exact) mass is 931 g/mol. The molecule has 9 rings (SSSR count). The van der Waals surface area contributed by atoms with Gasteiger partial charge >= 0.3 is 0 Å². The molecule has 0 bridgehead atoms. The largest absolute Gasteiger partial charge is 0.394 e. The van der Waals surface area contributed by atoms with Gasteiger partial charge in [0.15, 0.2) is 18.9 Å². The van der Waals surface area contributed by atoms with Crippen molar-refractivity contribution < 1.29 is 89.3 Å². The summed E-state index contributed by atoms with van der Waals surface area (Å²) in [5.74, 6) is -0.425. The smallest absolute Gasteiger partial charge is 0.187 e. The highest BCUT2D eigenvalue weighted by atomic mass is 16.8. The summed E-state index contributed by atoms with van der Waals surface area (Å²) in [6.45, 7) is 15.1. The maximum atomic E-state index is 12.3. The molecule has 65 heavy (non-hydrogen) atoms. The molecule has 0 aromatic rings. The highest BCUT2D eigenvalue weighted by molar-refractivity contribution is 5.33. The van der Waals surface area contributed by atoms with Crippen molar-refractivity contribution in [3.8, 4) is 0 Å². The Hall–Kier alpha value is -0.720. The summed E-state index contributed by atoms with van der Waals surface area (Å²) in [7, 11) is 0. The van der Waals surface area contributed by atoms with E-state index in [1.54, 1.807) is 13.8 Å². The second-order valence-electron chi connectivity index (χ2n) is 23.8. The van der Waals surface area contributed by atoms with Crippen molar-refractivity contribution in [1.29, 1.82) is 0 Å². The van der Waals surface area contributed by atoms with Crippen LogP contribution in [0.3, 0.4) is 0 Å². The van der Waals surface area contributed by atoms with E-state index in [9.17, 15) is 56.2 Å². The van der Waals surface area contributed by atoms with Gasteiger partial charge in [0, 0.05) is 5.92 Å². The summed E-state index contributed by atoms with van der Waals surface area (Å²) in [6.07, 6.45) is -16.0. The number of ether oxygens (including phenoxy) is 7. The molecule has 0 radical (unpaired) electrons. The molecule has 374 valence electrons. The quantitative estimate of drug-likeness (QED) is 0.131. The molecule has 9 aliphatic rings. The van der Waals surface area contributed by atoms with Crippen LogP contribution < -0.4 is 0 Å². The molecule has 26 atom stereocenters. The first-order chi connectivity index (χ1) is 30.2. The molecule has 0 aromatic carbocycles. The first kappa shape index (κ1) is 49.3. The molecule has 4 aliphatic heterocycles. The normalized spacial score (nSPS) is 58.7. The van der Waals surface area contributed by atoms with Crippen molar-refractivity contribution in [3.63, 3.8) is 0 Å². The molecular weight excluding hydrogens is 852 g/mol. The van der Waals surface area contributed by atoms with Crippen LogP contribution in [0.1, 0.15) is 113 Å². The first-order valence-electron chi connectivity index (χ1n) is 24.2. The van der Waals surface area contributed by atoms with Crippen LogP contribution in [-0.2, 0) is 33.2 Å². The zero-order valence-electron chi connectivity index (χ0n) is 39.2. The van der Waals surface area contributed by atoms with Gasteiger partial charge in [-0.2, -0.15) is 0 Å². The standard InChI is InChI=1S/C47H78O18/c1-20-28(51)31(54)33(56)38(60-20)64-35-29(52)22(50)18-59-40(35)63-26-10-12-47-19-46(47)14-13-43(6)36(45(8)11-9-27(65-45)42(4,5)58)21(49)16-44(43,7)25(46)15-23(37(47)41(26,2)3)61-39-34(57)32(55)30(53)24(17-48)62-39/h20-40,48-58H,9-19H2,1-8H3/t20-,21-,22+,23-,24+,25?,26-,27-,28-,29-,30+,31+,32-,33+,34+,35+,36-,37-,38-,39+,40-,43+,44-,45+,46-,47+/m0/s1. The van der Waals surface area contributed by atoms with Gasteiger partial charge < -0.3 is 89.3 Å². The Morgan fingerprint density at radius 2 is 1.31 bits per heavy atom. The molecule has 4 saturated heterocycles. The molecular formula is C47H78O18. The fourth-order valence-corrected chi connectivity index (χ4v) is 16.3. The van der Waals surface area contributed by atoms with Crippen LogP contribution in [0, 0.1) is 44.8 Å². The van der Waals surface area contributed by atoms with Gasteiger partial charge in [-0.05, 0) is 124 Å². The van der Waals surface area contributed by atoms with Crippen LogP contribution in [0.5, 0.6) is 0 Å². The Bertz CT molecular complexity index is 1750. The van der Waals surface area contributed by atoms with Crippen molar-refractivity contribution in [2.75, 3.05) is 13.2 Å². The molecule has 9 fully saturated rings. The van der Waals surface area contributed by atoms with Gasteiger partial charge in [0.25, 0.3) is 0 Å². The number of rotatable bonds is 9. The predicted octanol–water partition coefficient (Wildman–Crippen LogP) is -0.424. The molecule has 2 spiro atoms. The molecule has 5 saturated carbocycles. The van der Waals surface area contributed by atoms with E-state index in [1.165, 1.54) is 6.92 Å². The molecule has 0 aromatic heterocycles. The van der Waals surface area contributed by atoms with E-state index in [0.717, 1.165) is 19.3 Å². The molecule has 18 heteroatoms. The van der Waals surface area contributed by atoms with Crippen molar-refractivity contribution in [1.82, 2.24) is 0 Å². The minimum absolute atomic E-state index is 0.0390. The lowest BCUT2D eigenvalue weighted by Gasteiger charge is -2.65. The third kappa shape index (κ3) is 7.23. The Balaban J connectivity index is 1.04. The zero-order valence-corrected chi connectivity index (χ0v) is 39.2. The van der Waals surface area contributed by atoms with Crippen molar-refractivity contribution in [2.24, 2.45) is 44.8 Å². The van der Waals surface area contributed by atoms with Crippen LogP contribution in [0.4, 0.5) is 0 Å². The summed E-state index contributed by atoms with van der Waals surface area (Å²) in [5, 5.41) is 120. The number of hydrogen-bond acceptors (Lipinski definition) is 18. The van der Waals surface area contributed by atoms with Crippen LogP contribution in [-0.4, -0.2) is 191 Å². The van der Waals surface area contributed by atoms with E-state index in [1.807, 2.05) is 0 Å². The van der Waals surface area contributed by atoms with E-state index < -0.39 is 133 Å². The fourth-order valence-electron chi connectivity index (χ4n) is 16.3. The van der Waals surface area contributed by atoms with Gasteiger partial charge in [-0.1, -0.05) is 27.7 Å². The molecule has 18 nitrogen and oxygen atoms in total. The maximum absolute atomic E-state index is 12.3. The lowest BCUT2D eigenvalue weighted by molar-refractivity contribution is -0.366. The summed E-state index contributed by atoms with van der Waals surface area (Å²) in [4.78, 5) is 0. The predicted molar refractivity (Wildman–Crippen MR) is 225 cm³/mol. The van der Waals surface area contributed by atoms with E-state index in [4.69, 9.17) is 33.2 Å². The lowest BCUT2D eigenvalue weighted by atomic mass is 9.41. The van der Waals surface area contributed by atoms with Gasteiger partial charge in [0.2, 0.25) is 0 Å². The number of aliphatic hydroxyl groups is 11. The summed E-state index contributed by atoms with van der Waals surface area (Å²) >= 11 is 0. The zero-order chi connectivity index (χ0) is 47.4. The van der Waals surface area contributed by atoms with E-state index in [0.29, 0.717) is 38.5 Å². The fraction of sp³-hybridized carbons (Fsp3) is 1.00. The SMILES string of the molecule is C[C@@H]1O[C@@H](O[C@H]2[C@H](O[C@H]3CC[C@]45C[C@]46CC[C@]4(C)[C@@H]([C@@]7(C)CC[C@@H](C(C)(C)O)O7)[C@@H](O)C[C@@]4(C)C6C[C@H](O[C@@H]4O[C@H](CO)[C@@H](O)[C@H](O)[C@H]4O)[C@H]5C3(C)C)OC[C@@H](O)[C@@H]2O)[C@H](O)[C@H](O)[C@H]1O. The second kappa shape index (κ2) is 16.4. The number of fused-ring (bicyclic) bond motifs is 2. The topological polar surface area (TPSA) is 287 Å². The van der Waals surface area contributed by atoms with Gasteiger partial charge in [0.1, 0.15) is 61.0 Å². The third-order valence-corrected chi connectivity index (χ3v) is 19.7. The second-order valence-corrected chi connectivity index (χ2v) is 23.8. The van der Waals surface area contributed by atoms with E-state index in [-0.39, 0.29) is 46.7 Å². The molecule has 11 N–H and O–H groups in total. The van der Waals surface area contributed by atoms with E-state index in [2.05, 4.69) is 34.6 Å². The third-order valence-electron chi connectivity index (χ3n) is 19.7. The highest BCUT2D eigenvalue weighted by Gasteiger charge is 2.85. The van der Waals surface area contributed by atoms with Crippen molar-refractivity contribution >= 4 is 0 Å². The molecule has 4 heterocycles. The molecule has 1 unspecified atom stereocenters. The van der Waals surface area contributed by atoms with Gasteiger partial charge in [-0.15, -0.1) is 0 Å². The van der Waals surface area contributed by atoms with Gasteiger partial charge in [-0.3, -0.25) is 0 Å². The lowest BCUT2D eigenvalue weighted by Crippen LogP contribution is -2.66. The average Bonchev–Trinajstić information content (AvgIpc) is 3.60. The summed E-state index contributed by atoms with van der Waals surface area (Å²) in [5.41, 5.74) is -3.65. The van der Waals surface area contributed by atoms with Crippen molar-refractivity contribution in [3.05, 3.63) is 0 Å². The van der Waals surface area contributed by atoms with E-state index >= 15 is 0 Å². The Kier molecular flexibility index (Phi) is 12.4. The minimum Gasteiger partial charge on any atom is -0.394 e. The van der Waals surface area contributed by atoms with Crippen LogP contribution in [0.25, 0.3) is 0 Å². The maximum Gasteiger partial charge on any atom is 0.187 e. The number of aliphatic hydroxyl groups excluding tert-OH is 10. The Morgan fingerprint density at radius 3 is 1.95 bits per heavy atom. The van der Waals surface area contributed by atoms with Crippen molar-refractivity contribution in [2.45, 2.75) is 235 Å². The minimum atomic E-state index is -1.69.